The Morgan fingerprint density at radius 2 is 1.96 bits per heavy atom. The van der Waals surface area contributed by atoms with Crippen LogP contribution < -0.4 is 0 Å². The molecule has 1 aliphatic carbocycles. The highest BCUT2D eigenvalue weighted by molar-refractivity contribution is 6.30. The lowest BCUT2D eigenvalue weighted by molar-refractivity contribution is -0.149. The number of carboxylic acids is 1. The lowest BCUT2D eigenvalue weighted by Gasteiger charge is -2.32. The molecule has 3 unspecified atom stereocenters. The number of hydrogen-bond donors (Lipinski definition) is 1. The third-order valence-corrected chi connectivity index (χ3v) is 5.89. The number of carbonyl (C=O) groups excluding carboxylic acids is 1. The van der Waals surface area contributed by atoms with Gasteiger partial charge in [0, 0.05) is 16.6 Å². The Balaban J connectivity index is 1.51. The third kappa shape index (κ3) is 3.58. The molecule has 0 bridgehead atoms. The molecule has 3 atom stereocenters. The van der Waals surface area contributed by atoms with Crippen molar-refractivity contribution in [3.05, 3.63) is 41.2 Å². The summed E-state index contributed by atoms with van der Waals surface area (Å²) in [5.41, 5.74) is 1.28. The molecule has 1 aromatic carbocycles. The van der Waals surface area contributed by atoms with E-state index in [4.69, 9.17) is 16.0 Å². The molecule has 1 aromatic heterocycles. The summed E-state index contributed by atoms with van der Waals surface area (Å²) < 4.78 is 5.49. The van der Waals surface area contributed by atoms with Gasteiger partial charge >= 0.3 is 5.97 Å². The normalized spacial score (nSPS) is 24.6. The maximum Gasteiger partial charge on any atom is 0.326 e. The summed E-state index contributed by atoms with van der Waals surface area (Å²) in [5.74, 6) is -0.389. The van der Waals surface area contributed by atoms with E-state index in [-0.39, 0.29) is 18.4 Å². The van der Waals surface area contributed by atoms with Gasteiger partial charge in [0.15, 0.2) is 0 Å². The van der Waals surface area contributed by atoms with Crippen molar-refractivity contribution in [1.29, 1.82) is 0 Å². The Kier molecular flexibility index (Phi) is 4.91. The Hall–Kier alpha value is -2.34. The lowest BCUT2D eigenvalue weighted by atomic mass is 9.84. The molecule has 1 aliphatic heterocycles. The summed E-state index contributed by atoms with van der Waals surface area (Å²) in [6.45, 7) is 0. The first-order valence-corrected chi connectivity index (χ1v) is 9.65. The number of halogens is 1. The van der Waals surface area contributed by atoms with E-state index in [0.717, 1.165) is 31.2 Å². The number of carboxylic acid groups (broad SMARTS) is 1. The number of carbonyl (C=O) groups is 2. The number of amides is 1. The van der Waals surface area contributed by atoms with Crippen LogP contribution in [0.1, 0.15) is 37.8 Å². The highest BCUT2D eigenvalue weighted by atomic mass is 35.5. The molecule has 4 rings (SSSR count). The van der Waals surface area contributed by atoms with Crippen molar-refractivity contribution in [2.45, 2.75) is 50.6 Å². The second-order valence-corrected chi connectivity index (χ2v) is 7.77. The quantitative estimate of drug-likeness (QED) is 0.861. The molecule has 2 heterocycles. The molecule has 1 N–H and O–H groups in total. The van der Waals surface area contributed by atoms with Gasteiger partial charge in [-0.15, -0.1) is 0 Å². The van der Waals surface area contributed by atoms with Gasteiger partial charge in [-0.25, -0.2) is 9.78 Å². The number of oxazole rings is 1. The number of aromatic nitrogens is 1. The largest absolute Gasteiger partial charge is 0.480 e. The van der Waals surface area contributed by atoms with Gasteiger partial charge in [0.2, 0.25) is 11.8 Å². The van der Waals surface area contributed by atoms with Gasteiger partial charge in [0.25, 0.3) is 0 Å². The van der Waals surface area contributed by atoms with E-state index in [1.54, 1.807) is 29.2 Å². The Labute approximate surface area is 162 Å². The molecule has 0 spiro atoms. The van der Waals surface area contributed by atoms with Gasteiger partial charge < -0.3 is 14.4 Å². The maximum atomic E-state index is 12.9. The summed E-state index contributed by atoms with van der Waals surface area (Å²) in [7, 11) is 0. The summed E-state index contributed by atoms with van der Waals surface area (Å²) in [4.78, 5) is 30.6. The average molecular weight is 389 g/mol. The Morgan fingerprint density at radius 3 is 2.70 bits per heavy atom. The van der Waals surface area contributed by atoms with E-state index in [1.807, 2.05) is 0 Å². The van der Waals surface area contributed by atoms with Crippen LogP contribution in [-0.4, -0.2) is 39.0 Å². The van der Waals surface area contributed by atoms with Crippen LogP contribution >= 0.6 is 11.6 Å². The fourth-order valence-electron chi connectivity index (χ4n) is 4.40. The van der Waals surface area contributed by atoms with Crippen LogP contribution in [0.4, 0.5) is 0 Å². The lowest BCUT2D eigenvalue weighted by Crippen LogP contribution is -2.46. The van der Waals surface area contributed by atoms with Gasteiger partial charge in [0.1, 0.15) is 12.3 Å². The van der Waals surface area contributed by atoms with Crippen molar-refractivity contribution >= 4 is 23.5 Å². The van der Waals surface area contributed by atoms with Crippen molar-refractivity contribution in [3.8, 4) is 11.5 Å². The van der Waals surface area contributed by atoms with Crippen LogP contribution in [0.15, 0.2) is 34.9 Å². The first-order valence-electron chi connectivity index (χ1n) is 9.27. The van der Waals surface area contributed by atoms with Gasteiger partial charge in [-0.2, -0.15) is 0 Å². The van der Waals surface area contributed by atoms with Crippen molar-refractivity contribution in [1.82, 2.24) is 9.88 Å². The predicted molar refractivity (Wildman–Crippen MR) is 99.3 cm³/mol. The van der Waals surface area contributed by atoms with E-state index in [2.05, 4.69) is 4.98 Å². The summed E-state index contributed by atoms with van der Waals surface area (Å²) >= 11 is 5.89. The fourth-order valence-corrected chi connectivity index (χ4v) is 4.52. The van der Waals surface area contributed by atoms with Crippen LogP contribution in [0, 0.1) is 5.92 Å². The van der Waals surface area contributed by atoms with Gasteiger partial charge in [0.05, 0.1) is 12.1 Å². The van der Waals surface area contributed by atoms with Crippen molar-refractivity contribution in [2.75, 3.05) is 0 Å². The highest BCUT2D eigenvalue weighted by Gasteiger charge is 2.47. The Bertz CT molecular complexity index is 848. The van der Waals surface area contributed by atoms with E-state index < -0.39 is 12.0 Å². The average Bonchev–Trinajstić information content (AvgIpc) is 3.27. The topological polar surface area (TPSA) is 83.6 Å². The Morgan fingerprint density at radius 1 is 1.22 bits per heavy atom. The molecule has 0 radical (unpaired) electrons. The minimum Gasteiger partial charge on any atom is -0.480 e. The number of hydrogen-bond acceptors (Lipinski definition) is 4. The van der Waals surface area contributed by atoms with Crippen molar-refractivity contribution < 1.29 is 19.1 Å². The zero-order chi connectivity index (χ0) is 19.0. The van der Waals surface area contributed by atoms with Crippen molar-refractivity contribution in [3.63, 3.8) is 0 Å². The maximum absolute atomic E-state index is 12.9. The summed E-state index contributed by atoms with van der Waals surface area (Å²) in [5, 5.41) is 10.2. The number of nitrogens with zero attached hydrogens (tertiary/aromatic N) is 2. The SMILES string of the molecule is O=C(O)C1CC2CCCCC2N1C(=O)Cc1coc(-c2ccc(Cl)cc2)n1. The zero-order valence-corrected chi connectivity index (χ0v) is 15.6. The molecule has 27 heavy (non-hydrogen) atoms. The molecular formula is C20H21ClN2O4. The van der Waals surface area contributed by atoms with E-state index in [9.17, 15) is 14.7 Å². The van der Waals surface area contributed by atoms with Gasteiger partial charge in [-0.1, -0.05) is 24.4 Å². The molecule has 6 nitrogen and oxygen atoms in total. The van der Waals surface area contributed by atoms with Gasteiger partial charge in [-0.3, -0.25) is 4.79 Å². The number of aliphatic carboxylic acids is 1. The first-order chi connectivity index (χ1) is 13.0. The third-order valence-electron chi connectivity index (χ3n) is 5.64. The second-order valence-electron chi connectivity index (χ2n) is 7.33. The molecule has 1 saturated carbocycles. The minimum absolute atomic E-state index is 0.0370. The van der Waals surface area contributed by atoms with Crippen LogP contribution in [-0.2, 0) is 16.0 Å². The first kappa shape index (κ1) is 18.0. The highest BCUT2D eigenvalue weighted by Crippen LogP contribution is 2.40. The standard InChI is InChI=1S/C20H21ClN2O4/c21-14-7-5-12(6-8-14)19-22-15(11-27-19)10-18(24)23-16-4-2-1-3-13(16)9-17(23)20(25)26/h5-8,11,13,16-17H,1-4,9-10H2,(H,25,26). The molecule has 1 saturated heterocycles. The number of benzene rings is 1. The van der Waals surface area contributed by atoms with Gasteiger partial charge in [-0.05, 0) is 49.4 Å². The number of rotatable bonds is 4. The molecular weight excluding hydrogens is 368 g/mol. The van der Waals surface area contributed by atoms with Crippen LogP contribution in [0.2, 0.25) is 5.02 Å². The monoisotopic (exact) mass is 388 g/mol. The summed E-state index contributed by atoms with van der Waals surface area (Å²) in [6, 6.07) is 6.40. The van der Waals surface area contributed by atoms with Crippen LogP contribution in [0.25, 0.3) is 11.5 Å². The van der Waals surface area contributed by atoms with Crippen LogP contribution in [0.3, 0.4) is 0 Å². The predicted octanol–water partition coefficient (Wildman–Crippen LogP) is 3.78. The number of likely N-dealkylation sites (tertiary alicyclic amines) is 1. The smallest absolute Gasteiger partial charge is 0.326 e. The van der Waals surface area contributed by atoms with E-state index in [0.29, 0.717) is 28.9 Å². The molecule has 2 aromatic rings. The fraction of sp³-hybridized carbons (Fsp3) is 0.450. The second kappa shape index (κ2) is 7.35. The van der Waals surface area contributed by atoms with Crippen molar-refractivity contribution in [2.24, 2.45) is 5.92 Å². The summed E-state index contributed by atoms with van der Waals surface area (Å²) in [6.07, 6.45) is 6.11. The minimum atomic E-state index is -0.917. The molecule has 7 heteroatoms. The van der Waals surface area contributed by atoms with E-state index >= 15 is 0 Å². The molecule has 2 fully saturated rings. The zero-order valence-electron chi connectivity index (χ0n) is 14.8. The van der Waals surface area contributed by atoms with Crippen LogP contribution in [0.5, 0.6) is 0 Å². The molecule has 2 aliphatic rings. The molecule has 1 amide bonds. The molecule has 142 valence electrons. The number of fused-ring (bicyclic) bond motifs is 1. The van der Waals surface area contributed by atoms with E-state index in [1.165, 1.54) is 6.26 Å².